The largest absolute Gasteiger partial charge is 0.307 e. The number of non-ortho nitro benzene ring substituents is 1. The Morgan fingerprint density at radius 2 is 2.19 bits per heavy atom. The normalized spacial score (nSPS) is 10.4. The van der Waals surface area contributed by atoms with Crippen LogP contribution in [0.3, 0.4) is 0 Å². The first kappa shape index (κ1) is 14.7. The average Bonchev–Trinajstić information content (AvgIpc) is 2.86. The van der Waals surface area contributed by atoms with Gasteiger partial charge in [-0.2, -0.15) is 5.10 Å². The third-order valence-corrected chi connectivity index (χ3v) is 3.06. The van der Waals surface area contributed by atoms with E-state index < -0.39 is 4.92 Å². The molecular weight excluding hydrogens is 272 g/mol. The number of nitro groups is 1. The molecular formula is C14H16N4O3. The Labute approximate surface area is 121 Å². The van der Waals surface area contributed by atoms with E-state index in [-0.39, 0.29) is 11.6 Å². The van der Waals surface area contributed by atoms with Crippen LogP contribution in [-0.2, 0) is 6.54 Å². The van der Waals surface area contributed by atoms with Gasteiger partial charge in [0.25, 0.3) is 11.6 Å². The number of amides is 1. The van der Waals surface area contributed by atoms with Gasteiger partial charge in [-0.05, 0) is 25.0 Å². The van der Waals surface area contributed by atoms with Gasteiger partial charge in [0.2, 0.25) is 0 Å². The summed E-state index contributed by atoms with van der Waals surface area (Å²) in [5.74, 6) is 0.305. The summed E-state index contributed by atoms with van der Waals surface area (Å²) in [6.07, 6.45) is 2.52. The van der Waals surface area contributed by atoms with Crippen LogP contribution >= 0.6 is 0 Å². The minimum Gasteiger partial charge on any atom is -0.307 e. The summed E-state index contributed by atoms with van der Waals surface area (Å²) in [5.41, 5.74) is 0.938. The highest BCUT2D eigenvalue weighted by Crippen LogP contribution is 2.18. The van der Waals surface area contributed by atoms with Gasteiger partial charge in [0, 0.05) is 30.3 Å². The van der Waals surface area contributed by atoms with Gasteiger partial charge in [0.05, 0.1) is 11.1 Å². The summed E-state index contributed by atoms with van der Waals surface area (Å²) in [5, 5.41) is 17.6. The van der Waals surface area contributed by atoms with Crippen molar-refractivity contribution in [2.24, 2.45) is 0 Å². The fourth-order valence-electron chi connectivity index (χ4n) is 2.03. The lowest BCUT2D eigenvalue weighted by atomic mass is 10.1. The van der Waals surface area contributed by atoms with Gasteiger partial charge in [0.1, 0.15) is 5.82 Å². The highest BCUT2D eigenvalue weighted by molar-refractivity contribution is 6.05. The summed E-state index contributed by atoms with van der Waals surface area (Å²) >= 11 is 0. The Morgan fingerprint density at radius 1 is 1.43 bits per heavy atom. The number of carbonyl (C=O) groups is 1. The molecule has 0 spiro atoms. The number of anilines is 1. The van der Waals surface area contributed by atoms with Crippen LogP contribution in [0.25, 0.3) is 0 Å². The molecule has 1 N–H and O–H groups in total. The Morgan fingerprint density at radius 3 is 2.81 bits per heavy atom. The van der Waals surface area contributed by atoms with Crippen LogP contribution in [0.5, 0.6) is 0 Å². The molecule has 2 aromatic rings. The molecule has 0 aliphatic rings. The van der Waals surface area contributed by atoms with Gasteiger partial charge in [-0.1, -0.05) is 6.92 Å². The molecule has 1 amide bonds. The number of hydrogen-bond donors (Lipinski definition) is 1. The predicted octanol–water partition coefficient (Wildman–Crippen LogP) is 2.76. The molecule has 0 aliphatic heterocycles. The Bertz CT molecular complexity index is 679. The topological polar surface area (TPSA) is 90.1 Å². The van der Waals surface area contributed by atoms with Gasteiger partial charge >= 0.3 is 0 Å². The van der Waals surface area contributed by atoms with Crippen molar-refractivity contribution in [3.63, 3.8) is 0 Å². The zero-order chi connectivity index (χ0) is 15.4. The van der Waals surface area contributed by atoms with E-state index in [1.165, 1.54) is 18.2 Å². The first-order chi connectivity index (χ1) is 10.0. The van der Waals surface area contributed by atoms with E-state index in [0.29, 0.717) is 23.5 Å². The molecule has 0 bridgehead atoms. The van der Waals surface area contributed by atoms with E-state index in [1.807, 2.05) is 6.92 Å². The van der Waals surface area contributed by atoms with Crippen LogP contribution in [0.2, 0.25) is 0 Å². The number of benzene rings is 1. The van der Waals surface area contributed by atoms with E-state index >= 15 is 0 Å². The lowest BCUT2D eigenvalue weighted by molar-refractivity contribution is -0.384. The fourth-order valence-corrected chi connectivity index (χ4v) is 2.03. The summed E-state index contributed by atoms with van der Waals surface area (Å²) in [6.45, 7) is 4.40. The molecule has 7 heteroatoms. The fraction of sp³-hybridized carbons (Fsp3) is 0.286. The van der Waals surface area contributed by atoms with Crippen LogP contribution in [0, 0.1) is 17.0 Å². The Kier molecular flexibility index (Phi) is 4.32. The second kappa shape index (κ2) is 6.17. The van der Waals surface area contributed by atoms with Crippen molar-refractivity contribution in [2.75, 3.05) is 5.32 Å². The van der Waals surface area contributed by atoms with E-state index in [0.717, 1.165) is 6.42 Å². The molecule has 0 saturated heterocycles. The van der Waals surface area contributed by atoms with Crippen LogP contribution in [0.4, 0.5) is 11.5 Å². The monoisotopic (exact) mass is 288 g/mol. The lowest BCUT2D eigenvalue weighted by Gasteiger charge is -2.09. The van der Waals surface area contributed by atoms with Crippen LogP contribution in [-0.4, -0.2) is 20.6 Å². The van der Waals surface area contributed by atoms with Crippen molar-refractivity contribution in [3.8, 4) is 0 Å². The highest BCUT2D eigenvalue weighted by Gasteiger charge is 2.15. The number of nitro benzene ring substituents is 1. The standard InChI is InChI=1S/C14H16N4O3/c1-3-8-17-13(6-7-15-17)16-14(19)12-5-4-11(18(20)21)9-10(12)2/h4-7,9H,3,8H2,1-2H3,(H,16,19). The molecule has 0 aliphatic carbocycles. The van der Waals surface area contributed by atoms with Crippen LogP contribution in [0.15, 0.2) is 30.5 Å². The van der Waals surface area contributed by atoms with Gasteiger partial charge in [0.15, 0.2) is 0 Å². The molecule has 1 aromatic carbocycles. The SMILES string of the molecule is CCCn1nccc1NC(=O)c1ccc([N+](=O)[O-])cc1C. The van der Waals surface area contributed by atoms with E-state index in [4.69, 9.17) is 0 Å². The number of carbonyl (C=O) groups excluding carboxylic acids is 1. The molecule has 0 fully saturated rings. The average molecular weight is 288 g/mol. The van der Waals surface area contributed by atoms with Crippen molar-refractivity contribution < 1.29 is 9.72 Å². The zero-order valence-corrected chi connectivity index (χ0v) is 11.9. The van der Waals surface area contributed by atoms with Gasteiger partial charge in [-0.15, -0.1) is 0 Å². The Balaban J connectivity index is 2.20. The van der Waals surface area contributed by atoms with Crippen molar-refractivity contribution in [2.45, 2.75) is 26.8 Å². The number of nitrogens with zero attached hydrogens (tertiary/aromatic N) is 3. The minimum absolute atomic E-state index is 0.0277. The molecule has 0 saturated carbocycles. The number of hydrogen-bond acceptors (Lipinski definition) is 4. The van der Waals surface area contributed by atoms with Crippen LogP contribution < -0.4 is 5.32 Å². The molecule has 7 nitrogen and oxygen atoms in total. The molecule has 0 unspecified atom stereocenters. The molecule has 1 aromatic heterocycles. The third kappa shape index (κ3) is 3.25. The van der Waals surface area contributed by atoms with E-state index in [2.05, 4.69) is 10.4 Å². The third-order valence-electron chi connectivity index (χ3n) is 3.06. The maximum atomic E-state index is 12.2. The van der Waals surface area contributed by atoms with Gasteiger partial charge in [-0.25, -0.2) is 4.68 Å². The number of aryl methyl sites for hydroxylation is 2. The van der Waals surface area contributed by atoms with Crippen molar-refractivity contribution in [1.82, 2.24) is 9.78 Å². The zero-order valence-electron chi connectivity index (χ0n) is 11.9. The maximum absolute atomic E-state index is 12.2. The molecule has 110 valence electrons. The van der Waals surface area contributed by atoms with Crippen LogP contribution in [0.1, 0.15) is 29.3 Å². The molecule has 21 heavy (non-hydrogen) atoms. The van der Waals surface area contributed by atoms with Gasteiger partial charge < -0.3 is 5.32 Å². The second-order valence-electron chi connectivity index (χ2n) is 4.65. The lowest BCUT2D eigenvalue weighted by Crippen LogP contribution is -2.17. The van der Waals surface area contributed by atoms with Gasteiger partial charge in [-0.3, -0.25) is 14.9 Å². The van der Waals surface area contributed by atoms with E-state index in [1.54, 1.807) is 23.9 Å². The summed E-state index contributed by atoms with van der Waals surface area (Å²) < 4.78 is 1.71. The smallest absolute Gasteiger partial charge is 0.269 e. The van der Waals surface area contributed by atoms with Crippen molar-refractivity contribution >= 4 is 17.4 Å². The minimum atomic E-state index is -0.481. The first-order valence-corrected chi connectivity index (χ1v) is 6.61. The molecule has 1 heterocycles. The quantitative estimate of drug-likeness (QED) is 0.676. The summed E-state index contributed by atoms with van der Waals surface area (Å²) in [7, 11) is 0. The maximum Gasteiger partial charge on any atom is 0.269 e. The van der Waals surface area contributed by atoms with E-state index in [9.17, 15) is 14.9 Å². The Hall–Kier alpha value is -2.70. The second-order valence-corrected chi connectivity index (χ2v) is 4.65. The van der Waals surface area contributed by atoms with Crippen molar-refractivity contribution in [3.05, 3.63) is 51.7 Å². The molecule has 0 atom stereocenters. The predicted molar refractivity (Wildman–Crippen MR) is 78.3 cm³/mol. The summed E-state index contributed by atoms with van der Waals surface area (Å²) in [4.78, 5) is 22.5. The molecule has 0 radical (unpaired) electrons. The molecule has 2 rings (SSSR count). The number of rotatable bonds is 5. The highest BCUT2D eigenvalue weighted by atomic mass is 16.6. The number of nitrogens with one attached hydrogen (secondary N) is 1. The first-order valence-electron chi connectivity index (χ1n) is 6.61. The number of aromatic nitrogens is 2. The van der Waals surface area contributed by atoms with Crippen molar-refractivity contribution in [1.29, 1.82) is 0 Å². The summed E-state index contributed by atoms with van der Waals surface area (Å²) in [6, 6.07) is 5.89.